The van der Waals surface area contributed by atoms with E-state index in [0.29, 0.717) is 27.6 Å². The Morgan fingerprint density at radius 1 is 1.12 bits per heavy atom. The molecule has 32 heavy (non-hydrogen) atoms. The normalized spacial score (nSPS) is 16.3. The van der Waals surface area contributed by atoms with Crippen molar-refractivity contribution in [3.63, 3.8) is 0 Å². The maximum atomic E-state index is 13.9. The summed E-state index contributed by atoms with van der Waals surface area (Å²) in [6.45, 7) is 1.41. The molecule has 7 nitrogen and oxygen atoms in total. The van der Waals surface area contributed by atoms with Crippen molar-refractivity contribution < 1.29 is 9.13 Å². The first-order valence-electron chi connectivity index (χ1n) is 10.5. The molecule has 0 spiro atoms. The van der Waals surface area contributed by atoms with Gasteiger partial charge >= 0.3 is 0 Å². The molecule has 1 aliphatic rings. The number of fused-ring (bicyclic) bond motifs is 2. The summed E-state index contributed by atoms with van der Waals surface area (Å²) >= 11 is 1.37. The lowest BCUT2D eigenvalue weighted by atomic mass is 10.1. The number of para-hydroxylation sites is 1. The molecule has 6 rings (SSSR count). The summed E-state index contributed by atoms with van der Waals surface area (Å²) in [5.41, 5.74) is 2.71. The molecule has 5 aromatic rings. The van der Waals surface area contributed by atoms with Gasteiger partial charge in [-0.25, -0.2) is 14.4 Å². The van der Waals surface area contributed by atoms with Gasteiger partial charge in [-0.1, -0.05) is 18.2 Å². The lowest BCUT2D eigenvalue weighted by Crippen LogP contribution is -2.16. The summed E-state index contributed by atoms with van der Waals surface area (Å²) < 4.78 is 21.9. The number of benzene rings is 2. The minimum Gasteiger partial charge on any atom is -0.376 e. The van der Waals surface area contributed by atoms with Gasteiger partial charge in [0.2, 0.25) is 0 Å². The van der Waals surface area contributed by atoms with Crippen molar-refractivity contribution in [2.75, 3.05) is 6.61 Å². The van der Waals surface area contributed by atoms with Crippen molar-refractivity contribution in [3.8, 4) is 11.4 Å². The number of halogens is 1. The standard InChI is InChI=1S/C23H19FN6OS/c24-14-7-8-20-17(10-14)22(27-13-26-20)32-23-29-28-21(30(23)12-15-4-3-9-31-15)18-11-25-19-6-2-1-5-16(18)19/h1-2,5-8,10-11,13,15,25H,3-4,9,12H2. The van der Waals surface area contributed by atoms with E-state index in [-0.39, 0.29) is 11.9 Å². The second-order valence-electron chi connectivity index (χ2n) is 7.74. The number of rotatable bonds is 5. The predicted molar refractivity (Wildman–Crippen MR) is 120 cm³/mol. The highest BCUT2D eigenvalue weighted by atomic mass is 32.2. The third kappa shape index (κ3) is 3.43. The van der Waals surface area contributed by atoms with Crippen LogP contribution in [0, 0.1) is 5.82 Å². The Hall–Kier alpha value is -3.30. The van der Waals surface area contributed by atoms with Crippen LogP contribution in [0.2, 0.25) is 0 Å². The third-order valence-corrected chi connectivity index (χ3v) is 6.71. The zero-order valence-electron chi connectivity index (χ0n) is 17.0. The van der Waals surface area contributed by atoms with Crippen LogP contribution < -0.4 is 0 Å². The molecule has 0 saturated carbocycles. The maximum Gasteiger partial charge on any atom is 0.197 e. The van der Waals surface area contributed by atoms with Crippen molar-refractivity contribution in [2.24, 2.45) is 0 Å². The molecule has 1 saturated heterocycles. The van der Waals surface area contributed by atoms with Gasteiger partial charge < -0.3 is 9.72 Å². The Bertz CT molecular complexity index is 1420. The van der Waals surface area contributed by atoms with Crippen LogP contribution in [0.5, 0.6) is 0 Å². The van der Waals surface area contributed by atoms with E-state index in [2.05, 4.69) is 35.8 Å². The number of nitrogens with one attached hydrogen (secondary N) is 1. The number of aromatic nitrogens is 6. The van der Waals surface area contributed by atoms with Gasteiger partial charge in [0, 0.05) is 34.7 Å². The van der Waals surface area contributed by atoms with E-state index in [1.54, 1.807) is 6.07 Å². The molecule has 2 aromatic carbocycles. The number of ether oxygens (including phenoxy) is 1. The molecule has 1 fully saturated rings. The van der Waals surface area contributed by atoms with Crippen LogP contribution in [0.15, 0.2) is 65.2 Å². The molecule has 0 bridgehead atoms. The van der Waals surface area contributed by atoms with Crippen LogP contribution in [-0.2, 0) is 11.3 Å². The van der Waals surface area contributed by atoms with Crippen molar-refractivity contribution in [1.82, 2.24) is 29.7 Å². The molecule has 1 unspecified atom stereocenters. The van der Waals surface area contributed by atoms with E-state index in [1.165, 1.54) is 30.2 Å². The SMILES string of the molecule is Fc1ccc2ncnc(Sc3nnc(-c4c[nH]c5ccccc45)n3CC3CCCO3)c2c1. The van der Waals surface area contributed by atoms with Gasteiger partial charge in [0.15, 0.2) is 11.0 Å². The minimum absolute atomic E-state index is 0.105. The summed E-state index contributed by atoms with van der Waals surface area (Å²) in [5.74, 6) is 0.444. The van der Waals surface area contributed by atoms with Crippen LogP contribution in [0.1, 0.15) is 12.8 Å². The third-order valence-electron chi connectivity index (χ3n) is 5.71. The number of H-pyrrole nitrogens is 1. The molecule has 160 valence electrons. The maximum absolute atomic E-state index is 13.9. The quantitative estimate of drug-likeness (QED) is 0.389. The van der Waals surface area contributed by atoms with Gasteiger partial charge in [-0.05, 0) is 48.9 Å². The van der Waals surface area contributed by atoms with Crippen LogP contribution in [0.4, 0.5) is 4.39 Å². The molecule has 0 amide bonds. The van der Waals surface area contributed by atoms with Gasteiger partial charge in [0.1, 0.15) is 17.2 Å². The average molecular weight is 447 g/mol. The molecular formula is C23H19FN6OS. The minimum atomic E-state index is -0.325. The lowest BCUT2D eigenvalue weighted by molar-refractivity contribution is 0.0953. The molecule has 9 heteroatoms. The Balaban J connectivity index is 1.46. The van der Waals surface area contributed by atoms with E-state index < -0.39 is 0 Å². The van der Waals surface area contributed by atoms with Crippen molar-refractivity contribution in [2.45, 2.75) is 35.7 Å². The first kappa shape index (κ1) is 19.4. The Labute approximate surface area is 187 Å². The number of nitrogens with zero attached hydrogens (tertiary/aromatic N) is 5. The summed E-state index contributed by atoms with van der Waals surface area (Å²) in [6.07, 6.45) is 5.60. The first-order valence-corrected chi connectivity index (χ1v) is 11.3. The average Bonchev–Trinajstić information content (AvgIpc) is 3.55. The second kappa shape index (κ2) is 7.99. The molecule has 3 aromatic heterocycles. The molecule has 1 atom stereocenters. The highest BCUT2D eigenvalue weighted by Gasteiger charge is 2.24. The van der Waals surface area contributed by atoms with E-state index in [9.17, 15) is 4.39 Å². The fourth-order valence-corrected chi connectivity index (χ4v) is 5.05. The number of aromatic amines is 1. The number of hydrogen-bond acceptors (Lipinski definition) is 6. The van der Waals surface area contributed by atoms with E-state index in [0.717, 1.165) is 41.7 Å². The Kier molecular flexibility index (Phi) is 4.84. The van der Waals surface area contributed by atoms with Gasteiger partial charge in [0.25, 0.3) is 0 Å². The molecule has 1 aliphatic heterocycles. The fourth-order valence-electron chi connectivity index (χ4n) is 4.15. The zero-order chi connectivity index (χ0) is 21.5. The summed E-state index contributed by atoms with van der Waals surface area (Å²) in [6, 6.07) is 12.6. The Morgan fingerprint density at radius 2 is 2.06 bits per heavy atom. The summed E-state index contributed by atoms with van der Waals surface area (Å²) in [5, 5.41) is 12.1. The molecular weight excluding hydrogens is 427 g/mol. The van der Waals surface area contributed by atoms with Gasteiger partial charge in [-0.2, -0.15) is 0 Å². The second-order valence-corrected chi connectivity index (χ2v) is 8.70. The fraction of sp³-hybridized carbons (Fsp3) is 0.217. The van der Waals surface area contributed by atoms with Crippen LogP contribution >= 0.6 is 11.8 Å². The summed E-state index contributed by atoms with van der Waals surface area (Å²) in [7, 11) is 0. The highest BCUT2D eigenvalue weighted by Crippen LogP contribution is 2.35. The predicted octanol–water partition coefficient (Wildman–Crippen LogP) is 4.84. The highest BCUT2D eigenvalue weighted by molar-refractivity contribution is 7.99. The largest absolute Gasteiger partial charge is 0.376 e. The monoisotopic (exact) mass is 446 g/mol. The van der Waals surface area contributed by atoms with Crippen LogP contribution in [0.3, 0.4) is 0 Å². The topological polar surface area (TPSA) is 81.5 Å². The van der Waals surface area contributed by atoms with Gasteiger partial charge in [-0.15, -0.1) is 10.2 Å². The van der Waals surface area contributed by atoms with Crippen molar-refractivity contribution in [3.05, 3.63) is 60.8 Å². The van der Waals surface area contributed by atoms with Crippen LogP contribution in [0.25, 0.3) is 33.2 Å². The molecule has 0 radical (unpaired) electrons. The van der Waals surface area contributed by atoms with E-state index in [1.807, 2.05) is 24.4 Å². The van der Waals surface area contributed by atoms with E-state index in [4.69, 9.17) is 4.74 Å². The van der Waals surface area contributed by atoms with Gasteiger partial charge in [0.05, 0.1) is 18.2 Å². The van der Waals surface area contributed by atoms with Crippen LogP contribution in [-0.4, -0.2) is 42.4 Å². The van der Waals surface area contributed by atoms with Crippen molar-refractivity contribution >= 4 is 33.6 Å². The molecule has 1 N–H and O–H groups in total. The van der Waals surface area contributed by atoms with Gasteiger partial charge in [-0.3, -0.25) is 4.57 Å². The first-order chi connectivity index (χ1) is 15.8. The van der Waals surface area contributed by atoms with E-state index >= 15 is 0 Å². The molecule has 4 heterocycles. The summed E-state index contributed by atoms with van der Waals surface area (Å²) in [4.78, 5) is 12.0. The van der Waals surface area contributed by atoms with Crippen molar-refractivity contribution in [1.29, 1.82) is 0 Å². The zero-order valence-corrected chi connectivity index (χ0v) is 17.8. The molecule has 0 aliphatic carbocycles. The number of hydrogen-bond donors (Lipinski definition) is 1. The smallest absolute Gasteiger partial charge is 0.197 e. The lowest BCUT2D eigenvalue weighted by Gasteiger charge is -2.14. The Morgan fingerprint density at radius 3 is 2.97 bits per heavy atom.